The third-order valence-corrected chi connectivity index (χ3v) is 2.48. The quantitative estimate of drug-likeness (QED) is 0.825. The van der Waals surface area contributed by atoms with E-state index in [1.165, 1.54) is 0 Å². The van der Waals surface area contributed by atoms with Crippen molar-refractivity contribution in [1.82, 2.24) is 4.98 Å². The molecule has 0 spiro atoms. The highest BCUT2D eigenvalue weighted by atomic mass is 16.4. The average Bonchev–Trinajstić information content (AvgIpc) is 2.77. The summed E-state index contributed by atoms with van der Waals surface area (Å²) in [6, 6.07) is 5.27. The first kappa shape index (κ1) is 10.7. The Balaban J connectivity index is 2.31. The van der Waals surface area contributed by atoms with Crippen molar-refractivity contribution in [3.05, 3.63) is 47.7 Å². The third kappa shape index (κ3) is 1.92. The number of aromatic nitrogens is 1. The van der Waals surface area contributed by atoms with Crippen LogP contribution in [0.3, 0.4) is 0 Å². The Bertz CT molecular complexity index is 479. The smallest absolute Gasteiger partial charge is 0.140 e. The Morgan fingerprint density at radius 1 is 1.44 bits per heavy atom. The van der Waals surface area contributed by atoms with Gasteiger partial charge in [-0.3, -0.25) is 4.98 Å². The van der Waals surface area contributed by atoms with Crippen LogP contribution in [0.25, 0.3) is 0 Å². The zero-order chi connectivity index (χ0) is 11.5. The molecule has 0 saturated heterocycles. The van der Waals surface area contributed by atoms with E-state index in [0.29, 0.717) is 17.0 Å². The van der Waals surface area contributed by atoms with Gasteiger partial charge >= 0.3 is 0 Å². The lowest BCUT2D eigenvalue weighted by Crippen LogP contribution is -2.03. The predicted octanol–water partition coefficient (Wildman–Crippen LogP) is 1.90. The predicted molar refractivity (Wildman–Crippen MR) is 60.8 cm³/mol. The van der Waals surface area contributed by atoms with Crippen molar-refractivity contribution in [1.29, 1.82) is 0 Å². The van der Waals surface area contributed by atoms with Crippen LogP contribution in [0.15, 0.2) is 35.0 Å². The van der Waals surface area contributed by atoms with Crippen molar-refractivity contribution in [3.63, 3.8) is 0 Å². The first-order chi connectivity index (χ1) is 7.72. The van der Waals surface area contributed by atoms with Crippen LogP contribution in [-0.2, 0) is 6.42 Å². The fourth-order valence-electron chi connectivity index (χ4n) is 1.53. The largest absolute Gasteiger partial charge is 0.463 e. The van der Waals surface area contributed by atoms with E-state index >= 15 is 0 Å². The van der Waals surface area contributed by atoms with Crippen LogP contribution >= 0.6 is 0 Å². The molecule has 1 unspecified atom stereocenters. The Labute approximate surface area is 93.7 Å². The van der Waals surface area contributed by atoms with Gasteiger partial charge in [0.2, 0.25) is 0 Å². The van der Waals surface area contributed by atoms with Crippen LogP contribution in [0.4, 0.5) is 5.69 Å². The van der Waals surface area contributed by atoms with Gasteiger partial charge in [0.05, 0.1) is 0 Å². The monoisotopic (exact) mass is 218 g/mol. The van der Waals surface area contributed by atoms with Gasteiger partial charge in [-0.1, -0.05) is 6.92 Å². The van der Waals surface area contributed by atoms with Crippen LogP contribution in [0.1, 0.15) is 30.1 Å². The number of nitrogens with two attached hydrogens (primary N) is 1. The minimum absolute atomic E-state index is 0.497. The number of rotatable bonds is 3. The Kier molecular flexibility index (Phi) is 2.92. The second-order valence-electron chi connectivity index (χ2n) is 3.56. The molecule has 0 saturated carbocycles. The minimum atomic E-state index is -0.853. The SMILES string of the molecule is CCc1ccc(C(O)c2cnccc2N)o1. The standard InChI is InChI=1S/C12H14N2O2/c1-2-8-3-4-11(16-8)12(15)9-7-14-6-5-10(9)13/h3-7,12,15H,2H2,1H3,(H2,13,14). The highest BCUT2D eigenvalue weighted by Gasteiger charge is 2.16. The number of aliphatic hydroxyl groups is 1. The van der Waals surface area contributed by atoms with Gasteiger partial charge in [-0.25, -0.2) is 0 Å². The molecule has 2 heterocycles. The summed E-state index contributed by atoms with van der Waals surface area (Å²) in [5, 5.41) is 10.1. The Morgan fingerprint density at radius 3 is 2.88 bits per heavy atom. The molecule has 4 nitrogen and oxygen atoms in total. The van der Waals surface area contributed by atoms with E-state index in [1.807, 2.05) is 13.0 Å². The van der Waals surface area contributed by atoms with Gasteiger partial charge in [-0.05, 0) is 18.2 Å². The number of aliphatic hydroxyl groups excluding tert-OH is 1. The van der Waals surface area contributed by atoms with Crippen molar-refractivity contribution >= 4 is 5.69 Å². The number of nitrogens with zero attached hydrogens (tertiary/aromatic N) is 1. The molecule has 0 aliphatic carbocycles. The molecule has 2 aromatic heterocycles. The van der Waals surface area contributed by atoms with Crippen molar-refractivity contribution in [2.75, 3.05) is 5.73 Å². The van der Waals surface area contributed by atoms with Crippen molar-refractivity contribution in [3.8, 4) is 0 Å². The van der Waals surface area contributed by atoms with E-state index in [1.54, 1.807) is 24.5 Å². The molecule has 16 heavy (non-hydrogen) atoms. The van der Waals surface area contributed by atoms with Crippen LogP contribution in [0.2, 0.25) is 0 Å². The molecule has 0 bridgehead atoms. The summed E-state index contributed by atoms with van der Waals surface area (Å²) in [7, 11) is 0. The Hall–Kier alpha value is -1.81. The second-order valence-corrected chi connectivity index (χ2v) is 3.56. The van der Waals surface area contributed by atoms with E-state index in [9.17, 15) is 5.11 Å². The molecule has 84 valence electrons. The summed E-state index contributed by atoms with van der Waals surface area (Å²) in [6.07, 6.45) is 3.09. The third-order valence-electron chi connectivity index (χ3n) is 2.48. The molecule has 0 aliphatic heterocycles. The molecule has 2 rings (SSSR count). The normalized spacial score (nSPS) is 12.6. The van der Waals surface area contributed by atoms with Crippen LogP contribution < -0.4 is 5.73 Å². The molecule has 3 N–H and O–H groups in total. The molecular weight excluding hydrogens is 204 g/mol. The summed E-state index contributed by atoms with van der Waals surface area (Å²) < 4.78 is 5.47. The number of aryl methyl sites for hydroxylation is 1. The van der Waals surface area contributed by atoms with Crippen molar-refractivity contribution in [2.24, 2.45) is 0 Å². The second kappa shape index (κ2) is 4.37. The maximum Gasteiger partial charge on any atom is 0.140 e. The van der Waals surface area contributed by atoms with Gasteiger partial charge in [-0.2, -0.15) is 0 Å². The molecule has 2 aromatic rings. The number of hydrogen-bond acceptors (Lipinski definition) is 4. The van der Waals surface area contributed by atoms with Gasteiger partial charge in [0.1, 0.15) is 17.6 Å². The number of pyridine rings is 1. The summed E-state index contributed by atoms with van der Waals surface area (Å²) in [5.41, 5.74) is 6.84. The number of nitrogen functional groups attached to an aromatic ring is 1. The molecule has 0 fully saturated rings. The molecule has 0 aliphatic rings. The first-order valence-corrected chi connectivity index (χ1v) is 5.18. The van der Waals surface area contributed by atoms with Crippen molar-refractivity contribution in [2.45, 2.75) is 19.4 Å². The summed E-state index contributed by atoms with van der Waals surface area (Å²) >= 11 is 0. The summed E-state index contributed by atoms with van der Waals surface area (Å²) in [5.74, 6) is 1.34. The minimum Gasteiger partial charge on any atom is -0.463 e. The molecule has 0 amide bonds. The summed E-state index contributed by atoms with van der Waals surface area (Å²) in [4.78, 5) is 3.94. The average molecular weight is 218 g/mol. The van der Waals surface area contributed by atoms with Crippen LogP contribution in [0.5, 0.6) is 0 Å². The maximum absolute atomic E-state index is 10.1. The Morgan fingerprint density at radius 2 is 2.25 bits per heavy atom. The fraction of sp³-hybridized carbons (Fsp3) is 0.250. The molecule has 0 aromatic carbocycles. The lowest BCUT2D eigenvalue weighted by Gasteiger charge is -2.09. The van der Waals surface area contributed by atoms with E-state index < -0.39 is 6.10 Å². The zero-order valence-corrected chi connectivity index (χ0v) is 9.05. The van der Waals surface area contributed by atoms with Crippen LogP contribution in [-0.4, -0.2) is 10.1 Å². The van der Waals surface area contributed by atoms with E-state index in [4.69, 9.17) is 10.2 Å². The highest BCUT2D eigenvalue weighted by molar-refractivity contribution is 5.47. The van der Waals surface area contributed by atoms with Gasteiger partial charge in [-0.15, -0.1) is 0 Å². The number of anilines is 1. The van der Waals surface area contributed by atoms with Gasteiger partial charge in [0.25, 0.3) is 0 Å². The van der Waals surface area contributed by atoms with Gasteiger partial charge in [0, 0.05) is 30.1 Å². The summed E-state index contributed by atoms with van der Waals surface area (Å²) in [6.45, 7) is 1.99. The van der Waals surface area contributed by atoms with Gasteiger partial charge < -0.3 is 15.3 Å². The van der Waals surface area contributed by atoms with Crippen LogP contribution in [0, 0.1) is 0 Å². The first-order valence-electron chi connectivity index (χ1n) is 5.18. The molecule has 1 atom stereocenters. The lowest BCUT2D eigenvalue weighted by atomic mass is 10.1. The maximum atomic E-state index is 10.1. The lowest BCUT2D eigenvalue weighted by molar-refractivity contribution is 0.187. The van der Waals surface area contributed by atoms with Gasteiger partial charge in [0.15, 0.2) is 0 Å². The zero-order valence-electron chi connectivity index (χ0n) is 9.05. The highest BCUT2D eigenvalue weighted by Crippen LogP contribution is 2.27. The molecule has 0 radical (unpaired) electrons. The van der Waals surface area contributed by atoms with E-state index in [0.717, 1.165) is 12.2 Å². The van der Waals surface area contributed by atoms with Crippen molar-refractivity contribution < 1.29 is 9.52 Å². The topological polar surface area (TPSA) is 72.3 Å². The molecule has 4 heteroatoms. The van der Waals surface area contributed by atoms with E-state index in [-0.39, 0.29) is 0 Å². The fourth-order valence-corrected chi connectivity index (χ4v) is 1.53. The number of hydrogen-bond donors (Lipinski definition) is 2. The van der Waals surface area contributed by atoms with E-state index in [2.05, 4.69) is 4.98 Å². The number of furan rings is 1. The molecular formula is C12H14N2O2.